The smallest absolute Gasteiger partial charge is 0.286 e. The minimum Gasteiger partial charge on any atom is -0.449 e. The Morgan fingerprint density at radius 2 is 1.68 bits per heavy atom. The Morgan fingerprint density at radius 3 is 2.41 bits per heavy atom. The van der Waals surface area contributed by atoms with E-state index in [0.717, 1.165) is 11.3 Å². The number of hydrogen-bond acceptors (Lipinski definition) is 4. The predicted octanol–water partition coefficient (Wildman–Crippen LogP) is 5.22. The van der Waals surface area contributed by atoms with Crippen LogP contribution in [-0.2, 0) is 11.2 Å². The molecule has 5 aromatic rings. The quantitative estimate of drug-likeness (QED) is 0.355. The second kappa shape index (κ2) is 8.88. The van der Waals surface area contributed by atoms with E-state index in [2.05, 4.69) is 5.32 Å². The van der Waals surface area contributed by atoms with Gasteiger partial charge in [-0.25, -0.2) is 4.68 Å². The number of fused-ring (bicyclic) bond motifs is 1. The van der Waals surface area contributed by atoms with E-state index >= 15 is 0 Å². The Bertz CT molecular complexity index is 1500. The van der Waals surface area contributed by atoms with Gasteiger partial charge >= 0.3 is 0 Å². The molecule has 0 unspecified atom stereocenters. The van der Waals surface area contributed by atoms with E-state index < -0.39 is 5.91 Å². The molecule has 34 heavy (non-hydrogen) atoms. The first-order chi connectivity index (χ1) is 16.5. The topological polar surface area (TPSA) is 103 Å². The zero-order valence-corrected chi connectivity index (χ0v) is 18.6. The highest BCUT2D eigenvalue weighted by Crippen LogP contribution is 2.31. The summed E-state index contributed by atoms with van der Waals surface area (Å²) in [4.78, 5) is 25.0. The number of para-hydroxylation sites is 2. The Balaban J connectivity index is 1.50. The number of carbonyl (C=O) groups excluding carboxylic acids is 2. The fourth-order valence-electron chi connectivity index (χ4n) is 3.80. The van der Waals surface area contributed by atoms with E-state index in [0.29, 0.717) is 27.2 Å². The molecule has 0 aliphatic heterocycles. The first-order valence-electron chi connectivity index (χ1n) is 10.5. The van der Waals surface area contributed by atoms with Gasteiger partial charge in [-0.15, -0.1) is 0 Å². The molecule has 0 aliphatic rings. The fraction of sp³-hybridized carbons (Fsp3) is 0.0385. The van der Waals surface area contributed by atoms with Crippen molar-refractivity contribution >= 4 is 40.1 Å². The molecule has 0 saturated heterocycles. The monoisotopic (exact) mass is 470 g/mol. The highest BCUT2D eigenvalue weighted by molar-refractivity contribution is 6.30. The average Bonchev–Trinajstić information content (AvgIpc) is 3.42. The molecule has 3 N–H and O–H groups in total. The number of aromatic nitrogens is 2. The first kappa shape index (κ1) is 21.5. The van der Waals surface area contributed by atoms with Crippen molar-refractivity contribution < 1.29 is 14.0 Å². The fourth-order valence-corrected chi connectivity index (χ4v) is 3.93. The molecule has 0 saturated carbocycles. The van der Waals surface area contributed by atoms with Crippen molar-refractivity contribution in [3.8, 4) is 16.9 Å². The Labute approximate surface area is 199 Å². The van der Waals surface area contributed by atoms with Crippen LogP contribution in [0.15, 0.2) is 89.5 Å². The third kappa shape index (κ3) is 4.16. The van der Waals surface area contributed by atoms with Gasteiger partial charge in [0.05, 0.1) is 17.8 Å². The van der Waals surface area contributed by atoms with Crippen molar-refractivity contribution in [3.05, 3.63) is 101 Å². The van der Waals surface area contributed by atoms with Crippen LogP contribution >= 0.6 is 11.6 Å². The summed E-state index contributed by atoms with van der Waals surface area (Å²) in [6.07, 6.45) is 1.84. The summed E-state index contributed by atoms with van der Waals surface area (Å²) in [6, 6.07) is 23.9. The normalized spacial score (nSPS) is 11.0. The predicted molar refractivity (Wildman–Crippen MR) is 131 cm³/mol. The molecular weight excluding hydrogens is 452 g/mol. The molecule has 0 spiro atoms. The maximum absolute atomic E-state index is 13.1. The number of primary amides is 1. The summed E-state index contributed by atoms with van der Waals surface area (Å²) >= 11 is 6.06. The van der Waals surface area contributed by atoms with Crippen LogP contribution in [-0.4, -0.2) is 21.6 Å². The van der Waals surface area contributed by atoms with E-state index in [9.17, 15) is 9.59 Å². The van der Waals surface area contributed by atoms with Gasteiger partial charge in [0.2, 0.25) is 11.7 Å². The third-order valence-electron chi connectivity index (χ3n) is 5.36. The molecule has 168 valence electrons. The number of nitrogens with zero attached hydrogens (tertiary/aromatic N) is 2. The standard InChI is InChI=1S/C26H19ClN4O3/c27-18-12-10-16(11-13-18)23-17(15-31(30-23)19-6-2-1-3-7-19)14-22(32)29-24-20-8-4-5-9-21(20)34-25(24)26(28)33/h1-13,15H,14H2,(H2,28,33)(H,29,32). The van der Waals surface area contributed by atoms with Crippen molar-refractivity contribution in [1.29, 1.82) is 0 Å². The van der Waals surface area contributed by atoms with Gasteiger partial charge in [-0.3, -0.25) is 9.59 Å². The maximum Gasteiger partial charge on any atom is 0.286 e. The lowest BCUT2D eigenvalue weighted by atomic mass is 10.1. The molecule has 0 fully saturated rings. The lowest BCUT2D eigenvalue weighted by molar-refractivity contribution is -0.115. The van der Waals surface area contributed by atoms with E-state index in [-0.39, 0.29) is 23.8 Å². The molecule has 0 bridgehead atoms. The van der Waals surface area contributed by atoms with Gasteiger partial charge < -0.3 is 15.5 Å². The Morgan fingerprint density at radius 1 is 0.971 bits per heavy atom. The molecule has 0 atom stereocenters. The summed E-state index contributed by atoms with van der Waals surface area (Å²) in [6.45, 7) is 0. The van der Waals surface area contributed by atoms with Gasteiger partial charge in [-0.05, 0) is 36.4 Å². The van der Waals surface area contributed by atoms with E-state index in [1.807, 2.05) is 48.7 Å². The Hall–Kier alpha value is -4.36. The number of nitrogens with two attached hydrogens (primary N) is 1. The SMILES string of the molecule is NC(=O)c1oc2ccccc2c1NC(=O)Cc1cn(-c2ccccc2)nc1-c1ccc(Cl)cc1. The van der Waals surface area contributed by atoms with Crippen LogP contribution in [0.3, 0.4) is 0 Å². The number of amides is 2. The average molecular weight is 471 g/mol. The van der Waals surface area contributed by atoms with Crippen LogP contribution in [0.5, 0.6) is 0 Å². The number of benzene rings is 3. The zero-order valence-electron chi connectivity index (χ0n) is 17.9. The number of halogens is 1. The maximum atomic E-state index is 13.1. The van der Waals surface area contributed by atoms with Crippen LogP contribution in [0.4, 0.5) is 5.69 Å². The summed E-state index contributed by atoms with van der Waals surface area (Å²) in [5.41, 5.74) is 9.25. The second-order valence-electron chi connectivity index (χ2n) is 7.68. The van der Waals surface area contributed by atoms with Crippen molar-refractivity contribution in [1.82, 2.24) is 9.78 Å². The molecule has 2 aromatic heterocycles. The molecule has 8 heteroatoms. The van der Waals surface area contributed by atoms with Gasteiger partial charge in [0.1, 0.15) is 11.3 Å². The number of hydrogen-bond donors (Lipinski definition) is 2. The lowest BCUT2D eigenvalue weighted by Gasteiger charge is -2.06. The van der Waals surface area contributed by atoms with Gasteiger partial charge in [-0.1, -0.05) is 54.1 Å². The minimum atomic E-state index is -0.759. The summed E-state index contributed by atoms with van der Waals surface area (Å²) < 4.78 is 7.29. The Kier molecular flexibility index (Phi) is 5.61. The van der Waals surface area contributed by atoms with Gasteiger partial charge in [0, 0.05) is 27.7 Å². The molecule has 2 heterocycles. The summed E-state index contributed by atoms with van der Waals surface area (Å²) in [5, 5.41) is 8.74. The first-order valence-corrected chi connectivity index (χ1v) is 10.9. The van der Waals surface area contributed by atoms with Gasteiger partial charge in [-0.2, -0.15) is 5.10 Å². The molecule has 5 rings (SSSR count). The molecule has 0 aliphatic carbocycles. The second-order valence-corrected chi connectivity index (χ2v) is 8.12. The van der Waals surface area contributed by atoms with Gasteiger partial charge in [0.15, 0.2) is 0 Å². The van der Waals surface area contributed by atoms with Crippen molar-refractivity contribution in [2.24, 2.45) is 5.73 Å². The van der Waals surface area contributed by atoms with Crippen LogP contribution in [0.1, 0.15) is 16.1 Å². The highest BCUT2D eigenvalue weighted by Gasteiger charge is 2.22. The largest absolute Gasteiger partial charge is 0.449 e. The lowest BCUT2D eigenvalue weighted by Crippen LogP contribution is -2.18. The van der Waals surface area contributed by atoms with E-state index in [1.54, 1.807) is 41.1 Å². The zero-order chi connectivity index (χ0) is 23.7. The summed E-state index contributed by atoms with van der Waals surface area (Å²) in [5.74, 6) is -1.19. The van der Waals surface area contributed by atoms with Crippen molar-refractivity contribution in [2.75, 3.05) is 5.32 Å². The number of rotatable bonds is 6. The van der Waals surface area contributed by atoms with Crippen LogP contribution in [0, 0.1) is 0 Å². The molecule has 3 aromatic carbocycles. The van der Waals surface area contributed by atoms with Crippen LogP contribution in [0.2, 0.25) is 5.02 Å². The number of anilines is 1. The van der Waals surface area contributed by atoms with E-state index in [1.165, 1.54) is 0 Å². The number of nitrogens with one attached hydrogen (secondary N) is 1. The van der Waals surface area contributed by atoms with Crippen molar-refractivity contribution in [2.45, 2.75) is 6.42 Å². The molecule has 0 radical (unpaired) electrons. The molecule has 7 nitrogen and oxygen atoms in total. The number of carbonyl (C=O) groups is 2. The van der Waals surface area contributed by atoms with E-state index in [4.69, 9.17) is 26.9 Å². The highest BCUT2D eigenvalue weighted by atomic mass is 35.5. The summed E-state index contributed by atoms with van der Waals surface area (Å²) in [7, 11) is 0. The molecule has 2 amide bonds. The van der Waals surface area contributed by atoms with Crippen LogP contribution in [0.25, 0.3) is 27.9 Å². The minimum absolute atomic E-state index is 0.0164. The third-order valence-corrected chi connectivity index (χ3v) is 5.62. The van der Waals surface area contributed by atoms with Gasteiger partial charge in [0.25, 0.3) is 5.91 Å². The number of furan rings is 1. The van der Waals surface area contributed by atoms with Crippen LogP contribution < -0.4 is 11.1 Å². The van der Waals surface area contributed by atoms with Crippen molar-refractivity contribution in [3.63, 3.8) is 0 Å². The molecular formula is C26H19ClN4O3.